The second kappa shape index (κ2) is 4.27. The maximum atomic E-state index is 12.5. The van der Waals surface area contributed by atoms with Crippen LogP contribution in [0, 0.1) is 11.3 Å². The van der Waals surface area contributed by atoms with E-state index in [1.54, 1.807) is 0 Å². The van der Waals surface area contributed by atoms with Crippen LogP contribution >= 0.6 is 0 Å². The Hall–Kier alpha value is -0.570. The van der Waals surface area contributed by atoms with E-state index < -0.39 is 5.60 Å². The average molecular weight is 239 g/mol. The molecule has 0 N–H and O–H groups in total. The fourth-order valence-corrected chi connectivity index (χ4v) is 2.91. The zero-order chi connectivity index (χ0) is 12.7. The summed E-state index contributed by atoms with van der Waals surface area (Å²) in [5.74, 6) is 0.831. The lowest BCUT2D eigenvalue weighted by molar-refractivity contribution is -0.150. The maximum Gasteiger partial charge on any atom is 0.254 e. The first-order chi connectivity index (χ1) is 7.87. The minimum atomic E-state index is -0.539. The van der Waals surface area contributed by atoms with Crippen LogP contribution < -0.4 is 0 Å². The predicted octanol–water partition coefficient (Wildman–Crippen LogP) is 2.45. The predicted molar refractivity (Wildman–Crippen MR) is 67.7 cm³/mol. The second-order valence-electron chi connectivity index (χ2n) is 6.47. The van der Waals surface area contributed by atoms with Crippen LogP contribution in [0.4, 0.5) is 0 Å². The van der Waals surface area contributed by atoms with E-state index in [0.29, 0.717) is 5.92 Å². The normalized spacial score (nSPS) is 38.1. The van der Waals surface area contributed by atoms with E-state index in [4.69, 9.17) is 4.74 Å². The molecule has 0 radical (unpaired) electrons. The molecule has 3 heteroatoms. The van der Waals surface area contributed by atoms with Gasteiger partial charge in [0, 0.05) is 19.7 Å². The summed E-state index contributed by atoms with van der Waals surface area (Å²) in [7, 11) is 0. The molecule has 3 nitrogen and oxygen atoms in total. The Morgan fingerprint density at radius 1 is 1.29 bits per heavy atom. The van der Waals surface area contributed by atoms with E-state index in [2.05, 4.69) is 20.8 Å². The lowest BCUT2D eigenvalue weighted by atomic mass is 9.78. The van der Waals surface area contributed by atoms with Crippen molar-refractivity contribution in [2.24, 2.45) is 11.3 Å². The summed E-state index contributed by atoms with van der Waals surface area (Å²) in [6.45, 7) is 11.3. The van der Waals surface area contributed by atoms with Crippen molar-refractivity contribution in [2.75, 3.05) is 19.7 Å². The van der Waals surface area contributed by atoms with Crippen LogP contribution in [0.5, 0.6) is 0 Å². The van der Waals surface area contributed by atoms with Crippen LogP contribution in [-0.2, 0) is 9.53 Å². The number of carbonyl (C=O) groups excluding carboxylic acids is 1. The summed E-state index contributed by atoms with van der Waals surface area (Å²) < 4.78 is 5.65. The smallest absolute Gasteiger partial charge is 0.254 e. The van der Waals surface area contributed by atoms with E-state index in [1.807, 2.05) is 11.8 Å². The van der Waals surface area contributed by atoms with Gasteiger partial charge < -0.3 is 9.64 Å². The quantitative estimate of drug-likeness (QED) is 0.741. The van der Waals surface area contributed by atoms with Gasteiger partial charge in [0.1, 0.15) is 5.60 Å². The van der Waals surface area contributed by atoms with Crippen molar-refractivity contribution in [3.05, 3.63) is 0 Å². The van der Waals surface area contributed by atoms with Gasteiger partial charge in [-0.2, -0.15) is 0 Å². The molecule has 2 aliphatic rings. The molecule has 1 amide bonds. The number of amides is 1. The molecule has 0 bridgehead atoms. The molecule has 0 aromatic rings. The number of nitrogens with zero attached hydrogens (tertiary/aromatic N) is 1. The number of hydrogen-bond donors (Lipinski definition) is 0. The van der Waals surface area contributed by atoms with Crippen molar-refractivity contribution in [3.8, 4) is 0 Å². The Labute approximate surface area is 105 Å². The Morgan fingerprint density at radius 3 is 2.47 bits per heavy atom. The molecular formula is C14H25NO2. The highest BCUT2D eigenvalue weighted by Gasteiger charge is 2.45. The molecule has 17 heavy (non-hydrogen) atoms. The summed E-state index contributed by atoms with van der Waals surface area (Å²) in [6, 6.07) is 0. The van der Waals surface area contributed by atoms with E-state index in [1.165, 1.54) is 0 Å². The third-order valence-electron chi connectivity index (χ3n) is 4.86. The lowest BCUT2D eigenvalue weighted by Crippen LogP contribution is -2.46. The molecule has 0 saturated carbocycles. The van der Waals surface area contributed by atoms with E-state index in [-0.39, 0.29) is 11.3 Å². The minimum absolute atomic E-state index is 0.208. The van der Waals surface area contributed by atoms with Crippen LogP contribution in [0.25, 0.3) is 0 Å². The van der Waals surface area contributed by atoms with Crippen LogP contribution in [0.3, 0.4) is 0 Å². The first kappa shape index (κ1) is 12.9. The topological polar surface area (TPSA) is 29.5 Å². The Bertz CT molecular complexity index is 307. The van der Waals surface area contributed by atoms with Crippen molar-refractivity contribution in [1.82, 2.24) is 4.90 Å². The summed E-state index contributed by atoms with van der Waals surface area (Å²) in [4.78, 5) is 14.5. The highest BCUT2D eigenvalue weighted by atomic mass is 16.5. The molecular weight excluding hydrogens is 214 g/mol. The van der Waals surface area contributed by atoms with E-state index in [9.17, 15) is 4.79 Å². The number of ether oxygens (including phenoxy) is 1. The molecule has 0 spiro atoms. The molecule has 2 saturated heterocycles. The van der Waals surface area contributed by atoms with Crippen molar-refractivity contribution < 1.29 is 9.53 Å². The molecule has 98 valence electrons. The molecule has 2 fully saturated rings. The summed E-state index contributed by atoms with van der Waals surface area (Å²) in [5.41, 5.74) is -0.257. The Morgan fingerprint density at radius 2 is 2.00 bits per heavy atom. The molecule has 2 aliphatic heterocycles. The highest BCUT2D eigenvalue weighted by Crippen LogP contribution is 2.39. The van der Waals surface area contributed by atoms with Gasteiger partial charge in [-0.15, -0.1) is 0 Å². The van der Waals surface area contributed by atoms with Gasteiger partial charge in [-0.1, -0.05) is 20.8 Å². The van der Waals surface area contributed by atoms with Gasteiger partial charge in [0.05, 0.1) is 0 Å². The van der Waals surface area contributed by atoms with Crippen molar-refractivity contribution >= 4 is 5.91 Å². The summed E-state index contributed by atoms with van der Waals surface area (Å²) >= 11 is 0. The molecule has 0 aliphatic carbocycles. The van der Waals surface area contributed by atoms with Gasteiger partial charge in [-0.25, -0.2) is 0 Å². The Kier molecular flexibility index (Phi) is 3.23. The van der Waals surface area contributed by atoms with Crippen molar-refractivity contribution in [3.63, 3.8) is 0 Å². The number of hydrogen-bond acceptors (Lipinski definition) is 2. The molecule has 2 rings (SSSR count). The zero-order valence-corrected chi connectivity index (χ0v) is 11.6. The average Bonchev–Trinajstić information content (AvgIpc) is 2.86. The maximum absolute atomic E-state index is 12.5. The summed E-state index contributed by atoms with van der Waals surface area (Å²) in [5, 5.41) is 0. The number of rotatable bonds is 2. The van der Waals surface area contributed by atoms with Crippen LogP contribution in [0.2, 0.25) is 0 Å². The van der Waals surface area contributed by atoms with Crippen LogP contribution in [-0.4, -0.2) is 36.1 Å². The second-order valence-corrected chi connectivity index (χ2v) is 6.47. The van der Waals surface area contributed by atoms with Gasteiger partial charge in [-0.3, -0.25) is 4.79 Å². The van der Waals surface area contributed by atoms with E-state index >= 15 is 0 Å². The highest BCUT2D eigenvalue weighted by molar-refractivity contribution is 5.85. The molecule has 2 heterocycles. The SMILES string of the molecule is CC(C)[C@@]1(C)CCN(C(=O)C2(C)CCCO2)C1. The number of carbonyl (C=O) groups is 1. The van der Waals surface area contributed by atoms with Gasteiger partial charge in [0.25, 0.3) is 5.91 Å². The first-order valence-electron chi connectivity index (χ1n) is 6.81. The lowest BCUT2D eigenvalue weighted by Gasteiger charge is -2.32. The standard InChI is InChI=1S/C14H25NO2/c1-11(2)13(3)7-8-15(10-13)12(16)14(4)6-5-9-17-14/h11H,5-10H2,1-4H3/t13-,14?/m0/s1. The van der Waals surface area contributed by atoms with Gasteiger partial charge >= 0.3 is 0 Å². The van der Waals surface area contributed by atoms with Gasteiger partial charge in [0.2, 0.25) is 0 Å². The third-order valence-corrected chi connectivity index (χ3v) is 4.86. The fourth-order valence-electron chi connectivity index (χ4n) is 2.91. The van der Waals surface area contributed by atoms with E-state index in [0.717, 1.165) is 39.0 Å². The monoisotopic (exact) mass is 239 g/mol. The Balaban J connectivity index is 2.03. The van der Waals surface area contributed by atoms with Gasteiger partial charge in [0.15, 0.2) is 0 Å². The molecule has 1 unspecified atom stereocenters. The molecule has 0 aromatic heterocycles. The van der Waals surface area contributed by atoms with Crippen molar-refractivity contribution in [2.45, 2.75) is 52.6 Å². The third kappa shape index (κ3) is 2.22. The zero-order valence-electron chi connectivity index (χ0n) is 11.6. The number of likely N-dealkylation sites (tertiary alicyclic amines) is 1. The van der Waals surface area contributed by atoms with Gasteiger partial charge in [-0.05, 0) is 37.5 Å². The molecule has 0 aromatic carbocycles. The fraction of sp³-hybridized carbons (Fsp3) is 0.929. The first-order valence-corrected chi connectivity index (χ1v) is 6.81. The summed E-state index contributed by atoms with van der Waals surface area (Å²) in [6.07, 6.45) is 3.00. The van der Waals surface area contributed by atoms with Crippen molar-refractivity contribution in [1.29, 1.82) is 0 Å². The molecule has 2 atom stereocenters. The largest absolute Gasteiger partial charge is 0.365 e. The van der Waals surface area contributed by atoms with Crippen LogP contribution in [0.15, 0.2) is 0 Å². The minimum Gasteiger partial charge on any atom is -0.365 e. The van der Waals surface area contributed by atoms with Crippen LogP contribution in [0.1, 0.15) is 47.0 Å².